The van der Waals surface area contributed by atoms with E-state index in [-0.39, 0.29) is 23.0 Å². The number of hydrogen-bond acceptors (Lipinski definition) is 2. The van der Waals surface area contributed by atoms with Crippen molar-refractivity contribution in [1.29, 1.82) is 0 Å². The summed E-state index contributed by atoms with van der Waals surface area (Å²) in [5, 5.41) is 3.77. The first-order valence-corrected chi connectivity index (χ1v) is 9.77. The van der Waals surface area contributed by atoms with E-state index >= 15 is 0 Å². The van der Waals surface area contributed by atoms with Gasteiger partial charge in [-0.3, -0.25) is 4.79 Å². The van der Waals surface area contributed by atoms with Crippen molar-refractivity contribution >= 4 is 46.8 Å². The zero-order valence-corrected chi connectivity index (χ0v) is 17.3. The van der Waals surface area contributed by atoms with Gasteiger partial charge in [-0.25, -0.2) is 0 Å². The van der Waals surface area contributed by atoms with E-state index in [4.69, 9.17) is 4.74 Å². The molecule has 0 aliphatic carbocycles. The minimum absolute atomic E-state index is 0. The van der Waals surface area contributed by atoms with E-state index in [0.717, 1.165) is 5.56 Å². The first-order chi connectivity index (χ1) is 12.3. The molecule has 0 radical (unpaired) electrons. The number of esters is 1. The molecular formula is C22H22BrO2P. The third kappa shape index (κ3) is 5.03. The molecular weight excluding hydrogens is 407 g/mol. The van der Waals surface area contributed by atoms with Gasteiger partial charge in [-0.1, -0.05) is 84.9 Å². The molecule has 0 saturated heterocycles. The normalized spacial score (nSPS) is 10.2. The average molecular weight is 429 g/mol. The summed E-state index contributed by atoms with van der Waals surface area (Å²) >= 11 is 0. The molecule has 0 fully saturated rings. The standard InChI is InChI=1S/C22H21O2P.BrH/c1-2-24-22(23)17-18-11-9-10-16-21(18)25(19-12-5-3-6-13-19)20-14-7-4-8-15-20;/h3-16H,2,17H2,1H3;1H. The maximum Gasteiger partial charge on any atom is 0.310 e. The lowest BCUT2D eigenvalue weighted by molar-refractivity contribution is -0.142. The fraction of sp³-hybridized carbons (Fsp3) is 0.136. The van der Waals surface area contributed by atoms with Crippen LogP contribution in [0, 0.1) is 0 Å². The molecule has 0 aliphatic rings. The molecule has 26 heavy (non-hydrogen) atoms. The van der Waals surface area contributed by atoms with Crippen molar-refractivity contribution in [3.63, 3.8) is 0 Å². The van der Waals surface area contributed by atoms with Crippen LogP contribution in [0.15, 0.2) is 84.9 Å². The quantitative estimate of drug-likeness (QED) is 0.435. The number of rotatable bonds is 6. The third-order valence-corrected chi connectivity index (χ3v) is 6.45. The second-order valence-electron chi connectivity index (χ2n) is 5.62. The molecule has 3 aromatic carbocycles. The van der Waals surface area contributed by atoms with Gasteiger partial charge in [0.05, 0.1) is 13.0 Å². The van der Waals surface area contributed by atoms with Gasteiger partial charge in [0.1, 0.15) is 0 Å². The number of benzene rings is 3. The molecule has 0 N–H and O–H groups in total. The van der Waals surface area contributed by atoms with E-state index in [1.807, 2.05) is 37.3 Å². The number of hydrogen-bond donors (Lipinski definition) is 0. The highest BCUT2D eigenvalue weighted by atomic mass is 79.9. The van der Waals surface area contributed by atoms with E-state index in [2.05, 4.69) is 54.6 Å². The fourth-order valence-corrected chi connectivity index (χ4v) is 5.30. The van der Waals surface area contributed by atoms with Gasteiger partial charge in [-0.15, -0.1) is 17.0 Å². The van der Waals surface area contributed by atoms with Gasteiger partial charge in [0.25, 0.3) is 0 Å². The minimum atomic E-state index is -0.714. The summed E-state index contributed by atoms with van der Waals surface area (Å²) in [6, 6.07) is 29.2. The van der Waals surface area contributed by atoms with Crippen molar-refractivity contribution in [2.45, 2.75) is 13.3 Å². The third-order valence-electron chi connectivity index (χ3n) is 3.90. The highest BCUT2D eigenvalue weighted by molar-refractivity contribution is 8.93. The van der Waals surface area contributed by atoms with Gasteiger partial charge in [0.2, 0.25) is 0 Å². The molecule has 0 saturated carbocycles. The Balaban J connectivity index is 0.00000243. The van der Waals surface area contributed by atoms with Crippen LogP contribution in [0.5, 0.6) is 0 Å². The largest absolute Gasteiger partial charge is 0.466 e. The Morgan fingerprint density at radius 2 is 1.31 bits per heavy atom. The summed E-state index contributed by atoms with van der Waals surface area (Å²) < 4.78 is 5.16. The maximum absolute atomic E-state index is 12.0. The highest BCUT2D eigenvalue weighted by Crippen LogP contribution is 2.34. The van der Waals surface area contributed by atoms with E-state index in [1.165, 1.54) is 15.9 Å². The van der Waals surface area contributed by atoms with Crippen LogP contribution in [0.3, 0.4) is 0 Å². The second-order valence-corrected chi connectivity index (χ2v) is 7.80. The van der Waals surface area contributed by atoms with Crippen molar-refractivity contribution in [2.24, 2.45) is 0 Å². The predicted octanol–water partition coefficient (Wildman–Crippen LogP) is 4.13. The molecule has 0 spiro atoms. The topological polar surface area (TPSA) is 26.3 Å². The van der Waals surface area contributed by atoms with Gasteiger partial charge < -0.3 is 4.74 Å². The van der Waals surface area contributed by atoms with E-state index in [0.29, 0.717) is 13.0 Å². The number of carbonyl (C=O) groups is 1. The molecule has 0 heterocycles. The van der Waals surface area contributed by atoms with Crippen LogP contribution in [-0.2, 0) is 16.0 Å². The van der Waals surface area contributed by atoms with Crippen LogP contribution < -0.4 is 15.9 Å². The molecule has 134 valence electrons. The van der Waals surface area contributed by atoms with Gasteiger partial charge in [-0.2, -0.15) is 0 Å². The van der Waals surface area contributed by atoms with Gasteiger partial charge in [-0.05, 0) is 36.3 Å². The van der Waals surface area contributed by atoms with Crippen molar-refractivity contribution in [1.82, 2.24) is 0 Å². The van der Waals surface area contributed by atoms with Crippen molar-refractivity contribution in [3.05, 3.63) is 90.5 Å². The van der Waals surface area contributed by atoms with E-state index < -0.39 is 7.92 Å². The van der Waals surface area contributed by atoms with E-state index in [1.54, 1.807) is 0 Å². The summed E-state index contributed by atoms with van der Waals surface area (Å²) in [6.07, 6.45) is 0.308. The number of ether oxygens (including phenoxy) is 1. The van der Waals surface area contributed by atoms with Gasteiger partial charge in [0.15, 0.2) is 0 Å². The predicted molar refractivity (Wildman–Crippen MR) is 116 cm³/mol. The zero-order chi connectivity index (χ0) is 17.5. The van der Waals surface area contributed by atoms with Crippen molar-refractivity contribution in [2.75, 3.05) is 6.61 Å². The lowest BCUT2D eigenvalue weighted by Gasteiger charge is -2.22. The van der Waals surface area contributed by atoms with Crippen molar-refractivity contribution in [3.8, 4) is 0 Å². The van der Waals surface area contributed by atoms with Gasteiger partial charge in [0, 0.05) is 0 Å². The number of carbonyl (C=O) groups excluding carboxylic acids is 1. The fourth-order valence-electron chi connectivity index (χ4n) is 2.83. The minimum Gasteiger partial charge on any atom is -0.466 e. The summed E-state index contributed by atoms with van der Waals surface area (Å²) in [6.45, 7) is 2.25. The molecule has 0 aliphatic heterocycles. The Kier molecular flexibility index (Phi) is 8.03. The summed E-state index contributed by atoms with van der Waals surface area (Å²) in [7, 11) is -0.714. The SMILES string of the molecule is Br.CCOC(=O)Cc1ccccc1P(c1ccccc1)c1ccccc1. The lowest BCUT2D eigenvalue weighted by atomic mass is 10.1. The molecule has 4 heteroatoms. The molecule has 0 aromatic heterocycles. The molecule has 0 bridgehead atoms. The first-order valence-electron chi connectivity index (χ1n) is 8.43. The van der Waals surface area contributed by atoms with Crippen LogP contribution >= 0.6 is 24.9 Å². The summed E-state index contributed by atoms with van der Waals surface area (Å²) in [4.78, 5) is 12.0. The second kappa shape index (κ2) is 10.3. The molecule has 0 atom stereocenters. The van der Waals surface area contributed by atoms with Crippen LogP contribution in [0.2, 0.25) is 0 Å². The van der Waals surface area contributed by atoms with Crippen LogP contribution in [0.4, 0.5) is 0 Å². The zero-order valence-electron chi connectivity index (χ0n) is 14.7. The highest BCUT2D eigenvalue weighted by Gasteiger charge is 2.20. The maximum atomic E-state index is 12.0. The summed E-state index contributed by atoms with van der Waals surface area (Å²) in [5.41, 5.74) is 1.04. The molecule has 2 nitrogen and oxygen atoms in total. The Hall–Kier alpha value is -1.96. The van der Waals surface area contributed by atoms with Crippen molar-refractivity contribution < 1.29 is 9.53 Å². The van der Waals surface area contributed by atoms with Crippen LogP contribution in [0.1, 0.15) is 12.5 Å². The molecule has 3 aromatic rings. The van der Waals surface area contributed by atoms with Gasteiger partial charge >= 0.3 is 5.97 Å². The lowest BCUT2D eigenvalue weighted by Crippen LogP contribution is -2.24. The Bertz CT molecular complexity index is 782. The number of halogens is 1. The van der Waals surface area contributed by atoms with E-state index in [9.17, 15) is 4.79 Å². The Morgan fingerprint density at radius 3 is 1.85 bits per heavy atom. The van der Waals surface area contributed by atoms with Crippen LogP contribution in [0.25, 0.3) is 0 Å². The monoisotopic (exact) mass is 428 g/mol. The van der Waals surface area contributed by atoms with Crippen LogP contribution in [-0.4, -0.2) is 12.6 Å². The first kappa shape index (κ1) is 20.4. The smallest absolute Gasteiger partial charge is 0.310 e. The summed E-state index contributed by atoms with van der Waals surface area (Å²) in [5.74, 6) is -0.175. The molecule has 3 rings (SSSR count). The Morgan fingerprint density at radius 1 is 0.808 bits per heavy atom. The molecule has 0 amide bonds. The molecule has 0 unspecified atom stereocenters. The average Bonchev–Trinajstić information content (AvgIpc) is 2.65. The Labute approximate surface area is 166 Å².